The van der Waals surface area contributed by atoms with Crippen molar-refractivity contribution in [3.63, 3.8) is 0 Å². The van der Waals surface area contributed by atoms with Gasteiger partial charge in [0.15, 0.2) is 0 Å². The zero-order valence-corrected chi connectivity index (χ0v) is 25.0. The molecule has 1 saturated heterocycles. The highest BCUT2D eigenvalue weighted by Gasteiger charge is 2.26. The number of aryl methyl sites for hydroxylation is 2. The SMILES string of the molecule is Cc1c(C)c(C)c2c(C)c3ccc4cc5cc6ccccc6cc5cc4c3cc2c1[Si]1CO[Si][Si][Si]1. The zero-order chi connectivity index (χ0) is 24.6. The summed E-state index contributed by atoms with van der Waals surface area (Å²) >= 11 is 0. The van der Waals surface area contributed by atoms with Gasteiger partial charge in [-0.05, 0) is 134 Å². The van der Waals surface area contributed by atoms with E-state index in [1.807, 2.05) is 0 Å². The van der Waals surface area contributed by atoms with E-state index in [0.29, 0.717) is 0 Å². The van der Waals surface area contributed by atoms with Crippen LogP contribution in [0.2, 0.25) is 0 Å². The van der Waals surface area contributed by atoms with Crippen molar-refractivity contribution in [3.8, 4) is 0 Å². The maximum absolute atomic E-state index is 6.07. The number of fused-ring (bicyclic) bond motifs is 6. The molecule has 7 radical (unpaired) electrons. The Balaban J connectivity index is 1.61. The first-order valence-electron chi connectivity index (χ1n) is 12.5. The Morgan fingerprint density at radius 3 is 2.06 bits per heavy atom. The Bertz CT molecular complexity index is 1870. The third-order valence-corrected chi connectivity index (χ3v) is 22.3. The van der Waals surface area contributed by atoms with Gasteiger partial charge in [0.2, 0.25) is 9.28 Å². The van der Waals surface area contributed by atoms with E-state index >= 15 is 0 Å². The van der Waals surface area contributed by atoms with Gasteiger partial charge in [0.25, 0.3) is 0 Å². The Morgan fingerprint density at radius 2 is 1.33 bits per heavy atom. The van der Waals surface area contributed by atoms with Crippen LogP contribution in [0.15, 0.2) is 66.7 Å². The monoisotopic (exact) mass is 525 g/mol. The van der Waals surface area contributed by atoms with E-state index < -0.39 is 8.31 Å². The molecule has 0 spiro atoms. The normalized spacial score (nSPS) is 15.1. The van der Waals surface area contributed by atoms with Gasteiger partial charge in [-0.3, -0.25) is 0 Å². The van der Waals surface area contributed by atoms with Gasteiger partial charge in [-0.15, -0.1) is 0 Å². The van der Waals surface area contributed by atoms with Crippen LogP contribution in [0.4, 0.5) is 0 Å². The molecule has 0 atom stereocenters. The van der Waals surface area contributed by atoms with Gasteiger partial charge < -0.3 is 4.43 Å². The highest BCUT2D eigenvalue weighted by molar-refractivity contribution is 7.51. The minimum Gasteiger partial charge on any atom is -0.426 e. The van der Waals surface area contributed by atoms with Crippen LogP contribution in [0.5, 0.6) is 0 Å². The average molecular weight is 526 g/mol. The fourth-order valence-corrected chi connectivity index (χ4v) is 22.2. The molecule has 0 unspecified atom stereocenters. The van der Waals surface area contributed by atoms with E-state index in [0.717, 1.165) is 32.6 Å². The molecule has 0 aliphatic carbocycles. The minimum absolute atomic E-state index is 0.690. The Hall–Kier alpha value is -2.55. The second-order valence-electron chi connectivity index (χ2n) is 10.1. The second-order valence-corrected chi connectivity index (χ2v) is 21.2. The molecule has 1 aliphatic rings. The van der Waals surface area contributed by atoms with Crippen LogP contribution >= 0.6 is 0 Å². The molecule has 5 heteroatoms. The lowest BCUT2D eigenvalue weighted by Gasteiger charge is -2.26. The van der Waals surface area contributed by atoms with Crippen LogP contribution in [0, 0.1) is 27.7 Å². The first kappa shape index (κ1) is 22.6. The van der Waals surface area contributed by atoms with Crippen molar-refractivity contribution >= 4 is 93.8 Å². The third-order valence-electron chi connectivity index (χ3n) is 8.22. The summed E-state index contributed by atoms with van der Waals surface area (Å²) in [6, 6.07) is 25.4. The molecule has 1 aliphatic heterocycles. The van der Waals surface area contributed by atoms with Crippen molar-refractivity contribution in [2.75, 3.05) is 6.23 Å². The van der Waals surface area contributed by atoms with E-state index in [-0.39, 0.29) is 0 Å². The van der Waals surface area contributed by atoms with Gasteiger partial charge in [-0.2, -0.15) is 0 Å². The number of rotatable bonds is 1. The maximum Gasteiger partial charge on any atom is 0.201 e. The predicted molar refractivity (Wildman–Crippen MR) is 162 cm³/mol. The molecule has 171 valence electrons. The summed E-state index contributed by atoms with van der Waals surface area (Å²) in [5.74, 6) is 0. The largest absolute Gasteiger partial charge is 0.426 e. The molecule has 7 rings (SSSR count). The Labute approximate surface area is 220 Å². The number of hydrogen-bond donors (Lipinski definition) is 0. The van der Waals surface area contributed by atoms with Gasteiger partial charge in [-0.1, -0.05) is 41.6 Å². The lowest BCUT2D eigenvalue weighted by molar-refractivity contribution is 0.419. The van der Waals surface area contributed by atoms with Crippen molar-refractivity contribution in [1.29, 1.82) is 0 Å². The van der Waals surface area contributed by atoms with Crippen molar-refractivity contribution in [1.82, 2.24) is 0 Å². The quantitative estimate of drug-likeness (QED) is 0.139. The molecule has 6 aromatic carbocycles. The highest BCUT2D eigenvalue weighted by atomic mass is 29.7. The van der Waals surface area contributed by atoms with Crippen molar-refractivity contribution in [2.45, 2.75) is 27.7 Å². The first-order chi connectivity index (χ1) is 17.5. The topological polar surface area (TPSA) is 9.23 Å². The molecule has 1 fully saturated rings. The summed E-state index contributed by atoms with van der Waals surface area (Å²) in [6.45, 7) is 9.36. The Morgan fingerprint density at radius 1 is 0.611 bits per heavy atom. The molecule has 0 saturated carbocycles. The molecule has 1 nitrogen and oxygen atoms in total. The molecule has 0 bridgehead atoms. The summed E-state index contributed by atoms with van der Waals surface area (Å²) in [7, 11) is 2.09. The van der Waals surface area contributed by atoms with E-state index in [1.165, 1.54) is 76.1 Å². The van der Waals surface area contributed by atoms with Crippen molar-refractivity contribution in [3.05, 3.63) is 89.0 Å². The van der Waals surface area contributed by atoms with Gasteiger partial charge in [0.1, 0.15) is 0 Å². The summed E-state index contributed by atoms with van der Waals surface area (Å²) in [4.78, 5) is 0. The first-order valence-corrected chi connectivity index (χ1v) is 20.1. The van der Waals surface area contributed by atoms with Crippen LogP contribution in [0.25, 0.3) is 53.9 Å². The van der Waals surface area contributed by atoms with Crippen LogP contribution in [-0.2, 0) is 4.43 Å². The lowest BCUT2D eigenvalue weighted by Crippen LogP contribution is -2.51. The van der Waals surface area contributed by atoms with E-state index in [9.17, 15) is 0 Å². The fraction of sp³-hybridized carbons (Fsp3) is 0.161. The summed E-state index contributed by atoms with van der Waals surface area (Å²) in [5, 5.41) is 15.3. The van der Waals surface area contributed by atoms with E-state index in [1.54, 1.807) is 5.19 Å². The fourth-order valence-electron chi connectivity index (χ4n) is 6.17. The van der Waals surface area contributed by atoms with Crippen LogP contribution in [0.3, 0.4) is 0 Å². The predicted octanol–water partition coefficient (Wildman–Crippen LogP) is 6.31. The minimum atomic E-state index is -0.690. The van der Waals surface area contributed by atoms with Gasteiger partial charge >= 0.3 is 0 Å². The molecule has 0 amide bonds. The highest BCUT2D eigenvalue weighted by Crippen LogP contribution is 2.37. The van der Waals surface area contributed by atoms with Crippen molar-refractivity contribution in [2.24, 2.45) is 0 Å². The molecular weight excluding hydrogens is 501 g/mol. The van der Waals surface area contributed by atoms with Gasteiger partial charge in [0, 0.05) is 23.3 Å². The molecular formula is C31H25OSi4. The van der Waals surface area contributed by atoms with Gasteiger partial charge in [0.05, 0.1) is 8.31 Å². The van der Waals surface area contributed by atoms with Crippen molar-refractivity contribution < 1.29 is 4.43 Å². The van der Waals surface area contributed by atoms with Crippen LogP contribution < -0.4 is 5.19 Å². The molecule has 36 heavy (non-hydrogen) atoms. The average Bonchev–Trinajstić information content (AvgIpc) is 2.90. The van der Waals surface area contributed by atoms with Crippen LogP contribution in [-0.4, -0.2) is 40.9 Å². The summed E-state index contributed by atoms with van der Waals surface area (Å²) in [5.41, 5.74) is 5.85. The molecule has 0 N–H and O–H groups in total. The smallest absolute Gasteiger partial charge is 0.201 e. The molecule has 1 heterocycles. The lowest BCUT2D eigenvalue weighted by atomic mass is 9.88. The zero-order valence-electron chi connectivity index (χ0n) is 21.0. The van der Waals surface area contributed by atoms with E-state index in [2.05, 4.69) is 94.4 Å². The number of hydrogen-bond acceptors (Lipinski definition) is 1. The van der Waals surface area contributed by atoms with E-state index in [4.69, 9.17) is 4.43 Å². The Kier molecular flexibility index (Phi) is 5.34. The van der Waals surface area contributed by atoms with Crippen LogP contribution in [0.1, 0.15) is 22.3 Å². The third kappa shape index (κ3) is 3.34. The number of benzene rings is 6. The van der Waals surface area contributed by atoms with Gasteiger partial charge in [-0.25, -0.2) is 0 Å². The molecule has 6 aromatic rings. The summed E-state index contributed by atoms with van der Waals surface area (Å²) < 4.78 is 6.07. The standard InChI is InChI=1S/C31H25OSi4/c1-17-18(2)30-20(4)26-10-9-23-13-24-11-21-7-5-6-8-22(21)12-25(24)14-27(23)28(26)15-29(30)31(19(17)3)36-16-32-33-34-35-36/h5-15H,16H2,1-4H3. The maximum atomic E-state index is 6.07. The summed E-state index contributed by atoms with van der Waals surface area (Å²) in [6.07, 6.45) is 0.970. The second kappa shape index (κ2) is 8.50. The molecule has 0 aromatic heterocycles.